The molecule has 5 heteroatoms. The Kier molecular flexibility index (Phi) is 3.22. The van der Waals surface area contributed by atoms with Gasteiger partial charge in [-0.3, -0.25) is 9.59 Å². The fourth-order valence-electron chi connectivity index (χ4n) is 1.36. The number of nitrogens with one attached hydrogen (secondary N) is 1. The first-order chi connectivity index (χ1) is 6.56. The van der Waals surface area contributed by atoms with Crippen LogP contribution in [0.15, 0.2) is 0 Å². The van der Waals surface area contributed by atoms with Gasteiger partial charge in [-0.1, -0.05) is 13.8 Å². The van der Waals surface area contributed by atoms with Gasteiger partial charge in [0.1, 0.15) is 6.29 Å². The minimum absolute atomic E-state index is 0.00449. The summed E-state index contributed by atoms with van der Waals surface area (Å²) in [6.07, 6.45) is 0.633. The van der Waals surface area contributed by atoms with E-state index in [0.717, 1.165) is 0 Å². The molecule has 0 bridgehead atoms. The van der Waals surface area contributed by atoms with E-state index >= 15 is 0 Å². The average Bonchev–Trinajstić information content (AvgIpc) is 2.12. The van der Waals surface area contributed by atoms with Crippen molar-refractivity contribution >= 4 is 18.1 Å². The molecule has 1 saturated heterocycles. The van der Waals surface area contributed by atoms with Crippen molar-refractivity contribution in [1.82, 2.24) is 10.2 Å². The van der Waals surface area contributed by atoms with E-state index in [0.29, 0.717) is 12.8 Å². The molecule has 1 aliphatic rings. The number of amides is 2. The topological polar surface area (TPSA) is 66.5 Å². The molecule has 14 heavy (non-hydrogen) atoms. The molecular formula is C9H14N2O3. The minimum atomic E-state index is -0.617. The van der Waals surface area contributed by atoms with Crippen molar-refractivity contribution in [2.45, 2.75) is 19.9 Å². The van der Waals surface area contributed by atoms with Gasteiger partial charge in [0.25, 0.3) is 0 Å². The number of carbonyl (C=O) groups is 3. The molecule has 0 radical (unpaired) electrons. The Hall–Kier alpha value is -1.39. The lowest BCUT2D eigenvalue weighted by Gasteiger charge is -2.33. The summed E-state index contributed by atoms with van der Waals surface area (Å²) in [5.41, 5.74) is 0. The lowest BCUT2D eigenvalue weighted by Crippen LogP contribution is -2.59. The lowest BCUT2D eigenvalue weighted by atomic mass is 10.0. The molecule has 1 rings (SSSR count). The van der Waals surface area contributed by atoms with Crippen molar-refractivity contribution in [2.24, 2.45) is 5.92 Å². The molecule has 1 heterocycles. The summed E-state index contributed by atoms with van der Waals surface area (Å²) in [6, 6.07) is -0.0554. The number of hydrogen-bond acceptors (Lipinski definition) is 3. The van der Waals surface area contributed by atoms with Gasteiger partial charge < -0.3 is 15.0 Å². The Morgan fingerprint density at radius 1 is 1.57 bits per heavy atom. The van der Waals surface area contributed by atoms with E-state index in [-0.39, 0.29) is 18.5 Å². The third kappa shape index (κ3) is 2.10. The van der Waals surface area contributed by atoms with Crippen LogP contribution in [0, 0.1) is 5.92 Å². The number of aldehydes is 1. The maximum Gasteiger partial charge on any atom is 0.312 e. The van der Waals surface area contributed by atoms with Gasteiger partial charge in [0, 0.05) is 12.6 Å². The molecule has 5 nitrogen and oxygen atoms in total. The first kappa shape index (κ1) is 10.7. The maximum absolute atomic E-state index is 11.2. The lowest BCUT2D eigenvalue weighted by molar-refractivity contribution is -0.150. The highest BCUT2D eigenvalue weighted by Crippen LogP contribution is 2.08. The van der Waals surface area contributed by atoms with E-state index in [1.807, 2.05) is 13.8 Å². The van der Waals surface area contributed by atoms with Crippen molar-refractivity contribution in [3.05, 3.63) is 0 Å². The summed E-state index contributed by atoms with van der Waals surface area (Å²) < 4.78 is 0. The number of rotatable bonds is 3. The van der Waals surface area contributed by atoms with Crippen molar-refractivity contribution in [3.63, 3.8) is 0 Å². The average molecular weight is 198 g/mol. The van der Waals surface area contributed by atoms with Crippen LogP contribution in [0.4, 0.5) is 0 Å². The second-order valence-corrected chi connectivity index (χ2v) is 3.70. The van der Waals surface area contributed by atoms with Crippen molar-refractivity contribution in [2.75, 3.05) is 13.1 Å². The molecule has 1 fully saturated rings. The van der Waals surface area contributed by atoms with E-state index in [2.05, 4.69) is 5.32 Å². The first-order valence-corrected chi connectivity index (χ1v) is 4.59. The van der Waals surface area contributed by atoms with Gasteiger partial charge in [0.15, 0.2) is 0 Å². The van der Waals surface area contributed by atoms with Crippen LogP contribution in [0.2, 0.25) is 0 Å². The molecule has 0 aromatic carbocycles. The van der Waals surface area contributed by atoms with Gasteiger partial charge in [0.2, 0.25) is 0 Å². The zero-order valence-electron chi connectivity index (χ0n) is 8.32. The second kappa shape index (κ2) is 4.21. The fourth-order valence-corrected chi connectivity index (χ4v) is 1.36. The zero-order chi connectivity index (χ0) is 10.7. The molecule has 1 atom stereocenters. The zero-order valence-corrected chi connectivity index (χ0v) is 8.32. The van der Waals surface area contributed by atoms with Crippen LogP contribution in [0.25, 0.3) is 0 Å². The molecule has 78 valence electrons. The van der Waals surface area contributed by atoms with E-state index < -0.39 is 11.8 Å². The summed E-state index contributed by atoms with van der Waals surface area (Å²) in [5.74, 6) is -0.980. The highest BCUT2D eigenvalue weighted by molar-refractivity contribution is 6.35. The molecule has 0 aromatic heterocycles. The fraction of sp³-hybridized carbons (Fsp3) is 0.667. The first-order valence-electron chi connectivity index (χ1n) is 4.59. The highest BCUT2D eigenvalue weighted by Gasteiger charge is 2.32. The van der Waals surface area contributed by atoms with Crippen LogP contribution < -0.4 is 5.32 Å². The van der Waals surface area contributed by atoms with E-state index in [4.69, 9.17) is 0 Å². The Morgan fingerprint density at radius 3 is 2.71 bits per heavy atom. The number of carbonyl (C=O) groups excluding carboxylic acids is 3. The van der Waals surface area contributed by atoms with Crippen LogP contribution in [0.5, 0.6) is 0 Å². The summed E-state index contributed by atoms with van der Waals surface area (Å²) in [5, 5.41) is 2.61. The van der Waals surface area contributed by atoms with Gasteiger partial charge in [-0.25, -0.2) is 0 Å². The van der Waals surface area contributed by atoms with Gasteiger partial charge in [-0.15, -0.1) is 0 Å². The Morgan fingerprint density at radius 2 is 2.21 bits per heavy atom. The van der Waals surface area contributed by atoms with E-state index in [1.165, 1.54) is 4.90 Å². The largest absolute Gasteiger partial charge is 0.343 e. The second-order valence-electron chi connectivity index (χ2n) is 3.70. The van der Waals surface area contributed by atoms with Crippen molar-refractivity contribution in [3.8, 4) is 0 Å². The van der Waals surface area contributed by atoms with Crippen LogP contribution in [-0.4, -0.2) is 42.1 Å². The Bertz CT molecular complexity index is 263. The molecular weight excluding hydrogens is 184 g/mol. The molecule has 0 aliphatic carbocycles. The van der Waals surface area contributed by atoms with Gasteiger partial charge in [-0.05, 0) is 5.92 Å². The van der Waals surface area contributed by atoms with Gasteiger partial charge in [0.05, 0.1) is 6.54 Å². The molecule has 1 N–H and O–H groups in total. The van der Waals surface area contributed by atoms with Crippen LogP contribution in [-0.2, 0) is 14.4 Å². The predicted octanol–water partition coefficient (Wildman–Crippen LogP) is -0.832. The molecule has 0 aromatic rings. The van der Waals surface area contributed by atoms with Crippen LogP contribution >= 0.6 is 0 Å². The Labute approximate surface area is 82.4 Å². The van der Waals surface area contributed by atoms with Crippen molar-refractivity contribution in [1.29, 1.82) is 0 Å². The van der Waals surface area contributed by atoms with E-state index in [9.17, 15) is 14.4 Å². The van der Waals surface area contributed by atoms with Gasteiger partial charge in [-0.2, -0.15) is 0 Å². The third-order valence-electron chi connectivity index (χ3n) is 2.31. The van der Waals surface area contributed by atoms with Crippen LogP contribution in [0.3, 0.4) is 0 Å². The number of hydrogen-bond donors (Lipinski definition) is 1. The SMILES string of the molecule is CC(C)C1CN(CC=O)C(=O)C(=O)N1. The summed E-state index contributed by atoms with van der Waals surface area (Å²) in [6.45, 7) is 4.33. The normalized spacial score (nSPS) is 22.5. The molecule has 0 spiro atoms. The highest BCUT2D eigenvalue weighted by atomic mass is 16.2. The Balaban J connectivity index is 2.70. The van der Waals surface area contributed by atoms with E-state index in [1.54, 1.807) is 0 Å². The third-order valence-corrected chi connectivity index (χ3v) is 2.31. The smallest absolute Gasteiger partial charge is 0.312 e. The quantitative estimate of drug-likeness (QED) is 0.475. The monoisotopic (exact) mass is 198 g/mol. The molecule has 1 unspecified atom stereocenters. The summed E-state index contributed by atoms with van der Waals surface area (Å²) in [4.78, 5) is 34.0. The molecule has 2 amide bonds. The standard InChI is InChI=1S/C9H14N2O3/c1-6(2)7-5-11(3-4-12)9(14)8(13)10-7/h4,6-7H,3,5H2,1-2H3,(H,10,13). The predicted molar refractivity (Wildman–Crippen MR) is 49.4 cm³/mol. The maximum atomic E-state index is 11.2. The minimum Gasteiger partial charge on any atom is -0.343 e. The number of nitrogens with zero attached hydrogens (tertiary/aromatic N) is 1. The summed E-state index contributed by atoms with van der Waals surface area (Å²) in [7, 11) is 0. The van der Waals surface area contributed by atoms with Crippen molar-refractivity contribution < 1.29 is 14.4 Å². The summed E-state index contributed by atoms with van der Waals surface area (Å²) >= 11 is 0. The molecule has 1 aliphatic heterocycles. The van der Waals surface area contributed by atoms with Crippen LogP contribution in [0.1, 0.15) is 13.8 Å². The number of piperazine rings is 1. The molecule has 0 saturated carbocycles. The van der Waals surface area contributed by atoms with Gasteiger partial charge >= 0.3 is 11.8 Å².